The molecule has 0 fully saturated rings. The van der Waals surface area contributed by atoms with Crippen LogP contribution in [-0.2, 0) is 13.5 Å². The number of aromatic nitrogens is 1. The van der Waals surface area contributed by atoms with Crippen LogP contribution in [0.15, 0.2) is 18.2 Å². The first-order valence-electron chi connectivity index (χ1n) is 6.61. The zero-order chi connectivity index (χ0) is 12.7. The second kappa shape index (κ2) is 4.32. The van der Waals surface area contributed by atoms with Gasteiger partial charge in [-0.25, -0.2) is 0 Å². The fourth-order valence-corrected chi connectivity index (χ4v) is 3.32. The molecule has 3 nitrogen and oxygen atoms in total. The highest BCUT2D eigenvalue weighted by molar-refractivity contribution is 5.87. The van der Waals surface area contributed by atoms with Crippen molar-refractivity contribution in [2.45, 2.75) is 25.2 Å². The van der Waals surface area contributed by atoms with Gasteiger partial charge in [0.25, 0.3) is 0 Å². The molecule has 0 spiro atoms. The molecule has 1 aromatic carbocycles. The van der Waals surface area contributed by atoms with E-state index in [4.69, 9.17) is 10.5 Å². The molecule has 1 unspecified atom stereocenters. The first-order valence-corrected chi connectivity index (χ1v) is 6.61. The summed E-state index contributed by atoms with van der Waals surface area (Å²) in [6.07, 6.45) is 3.62. The zero-order valence-corrected chi connectivity index (χ0v) is 11.1. The second-order valence-corrected chi connectivity index (χ2v) is 5.13. The van der Waals surface area contributed by atoms with Crippen molar-refractivity contribution in [1.29, 1.82) is 0 Å². The van der Waals surface area contributed by atoms with E-state index in [2.05, 4.69) is 23.7 Å². The van der Waals surface area contributed by atoms with Crippen molar-refractivity contribution in [3.63, 3.8) is 0 Å². The third-order valence-electron chi connectivity index (χ3n) is 4.21. The van der Waals surface area contributed by atoms with Crippen molar-refractivity contribution in [2.75, 3.05) is 13.7 Å². The largest absolute Gasteiger partial charge is 0.497 e. The normalized spacial score (nSPS) is 18.9. The summed E-state index contributed by atoms with van der Waals surface area (Å²) in [5, 5.41) is 1.34. The number of nitrogens with two attached hydrogens (primary N) is 1. The molecule has 1 atom stereocenters. The number of rotatable bonds is 2. The molecular weight excluding hydrogens is 224 g/mol. The lowest BCUT2D eigenvalue weighted by Gasteiger charge is -2.23. The number of methoxy groups -OCH3 is 1. The third kappa shape index (κ3) is 1.54. The Bertz CT molecular complexity index is 586. The molecule has 0 aliphatic heterocycles. The first-order chi connectivity index (χ1) is 8.76. The molecule has 2 aromatic rings. The van der Waals surface area contributed by atoms with E-state index in [-0.39, 0.29) is 0 Å². The standard InChI is InChI=1S/C15H20N2O/c1-17-14-7-6-11(18-2)8-13(14)12-5-3-4-10(9-16)15(12)17/h6-8,10H,3-5,9,16H2,1-2H3. The number of hydrogen-bond acceptors (Lipinski definition) is 2. The minimum Gasteiger partial charge on any atom is -0.497 e. The predicted octanol–water partition coefficient (Wildman–Crippen LogP) is 2.57. The van der Waals surface area contributed by atoms with Gasteiger partial charge in [-0.15, -0.1) is 0 Å². The summed E-state index contributed by atoms with van der Waals surface area (Å²) in [4.78, 5) is 0. The second-order valence-electron chi connectivity index (χ2n) is 5.13. The van der Waals surface area contributed by atoms with Crippen molar-refractivity contribution < 1.29 is 4.74 Å². The summed E-state index contributed by atoms with van der Waals surface area (Å²) in [5.74, 6) is 1.45. The summed E-state index contributed by atoms with van der Waals surface area (Å²) in [7, 11) is 3.88. The summed E-state index contributed by atoms with van der Waals surface area (Å²) >= 11 is 0. The van der Waals surface area contributed by atoms with Crippen LogP contribution in [0.2, 0.25) is 0 Å². The number of benzene rings is 1. The van der Waals surface area contributed by atoms with Crippen molar-refractivity contribution >= 4 is 10.9 Å². The van der Waals surface area contributed by atoms with Crippen molar-refractivity contribution in [1.82, 2.24) is 4.57 Å². The van der Waals surface area contributed by atoms with E-state index in [0.717, 1.165) is 18.7 Å². The molecule has 3 rings (SSSR count). The van der Waals surface area contributed by atoms with Crippen molar-refractivity contribution in [3.8, 4) is 5.75 Å². The molecule has 1 aromatic heterocycles. The van der Waals surface area contributed by atoms with Gasteiger partial charge in [-0.1, -0.05) is 0 Å². The smallest absolute Gasteiger partial charge is 0.119 e. The topological polar surface area (TPSA) is 40.2 Å². The molecule has 18 heavy (non-hydrogen) atoms. The monoisotopic (exact) mass is 244 g/mol. The maximum atomic E-state index is 5.93. The van der Waals surface area contributed by atoms with Crippen LogP contribution in [0.25, 0.3) is 10.9 Å². The summed E-state index contributed by atoms with van der Waals surface area (Å²) in [6.45, 7) is 0.744. The molecule has 1 aliphatic rings. The number of hydrogen-bond donors (Lipinski definition) is 1. The van der Waals surface area contributed by atoms with Gasteiger partial charge in [-0.2, -0.15) is 0 Å². The molecule has 0 radical (unpaired) electrons. The van der Waals surface area contributed by atoms with Crippen LogP contribution in [0.3, 0.4) is 0 Å². The molecule has 2 N–H and O–H groups in total. The number of fused-ring (bicyclic) bond motifs is 3. The molecule has 96 valence electrons. The van der Waals surface area contributed by atoms with Crippen molar-refractivity contribution in [3.05, 3.63) is 29.5 Å². The van der Waals surface area contributed by atoms with Crippen LogP contribution in [-0.4, -0.2) is 18.2 Å². The van der Waals surface area contributed by atoms with Gasteiger partial charge < -0.3 is 15.0 Å². The maximum absolute atomic E-state index is 5.93. The minimum atomic E-state index is 0.511. The third-order valence-corrected chi connectivity index (χ3v) is 4.21. The fourth-order valence-electron chi connectivity index (χ4n) is 3.32. The maximum Gasteiger partial charge on any atom is 0.119 e. The summed E-state index contributed by atoms with van der Waals surface area (Å²) in [5.41, 5.74) is 10.1. The lowest BCUT2D eigenvalue weighted by atomic mass is 9.87. The molecule has 1 aliphatic carbocycles. The first kappa shape index (κ1) is 11.6. The Balaban J connectivity index is 2.28. The van der Waals surface area contributed by atoms with Gasteiger partial charge in [-0.05, 0) is 43.0 Å². The number of aryl methyl sites for hydroxylation is 2. The van der Waals surface area contributed by atoms with E-state index in [9.17, 15) is 0 Å². The van der Waals surface area contributed by atoms with Gasteiger partial charge in [0.05, 0.1) is 7.11 Å². The number of ether oxygens (including phenoxy) is 1. The molecule has 0 saturated carbocycles. The van der Waals surface area contributed by atoms with Gasteiger partial charge in [0.15, 0.2) is 0 Å². The molecule has 0 bridgehead atoms. The van der Waals surface area contributed by atoms with Crippen LogP contribution in [0.1, 0.15) is 30.0 Å². The van der Waals surface area contributed by atoms with Crippen LogP contribution in [0, 0.1) is 0 Å². The van der Waals surface area contributed by atoms with E-state index < -0.39 is 0 Å². The van der Waals surface area contributed by atoms with Gasteiger partial charge in [-0.3, -0.25) is 0 Å². The molecular formula is C15H20N2O. The zero-order valence-electron chi connectivity index (χ0n) is 11.1. The Kier molecular flexibility index (Phi) is 2.78. The highest BCUT2D eigenvalue weighted by atomic mass is 16.5. The van der Waals surface area contributed by atoms with Gasteiger partial charge in [0.2, 0.25) is 0 Å². The molecule has 1 heterocycles. The SMILES string of the molecule is COc1ccc2c(c1)c1c(n2C)C(CN)CCC1. The van der Waals surface area contributed by atoms with Crippen LogP contribution < -0.4 is 10.5 Å². The van der Waals surface area contributed by atoms with Crippen LogP contribution in [0.4, 0.5) is 0 Å². The Labute approximate surface area is 108 Å². The highest BCUT2D eigenvalue weighted by Crippen LogP contribution is 2.38. The Morgan fingerprint density at radius 3 is 3.00 bits per heavy atom. The van der Waals surface area contributed by atoms with Gasteiger partial charge in [0, 0.05) is 36.1 Å². The van der Waals surface area contributed by atoms with E-state index in [1.165, 1.54) is 35.0 Å². The highest BCUT2D eigenvalue weighted by Gasteiger charge is 2.25. The van der Waals surface area contributed by atoms with E-state index in [1.807, 2.05) is 6.07 Å². The molecule has 0 amide bonds. The van der Waals surface area contributed by atoms with Gasteiger partial charge >= 0.3 is 0 Å². The molecule has 0 saturated heterocycles. The Morgan fingerprint density at radius 2 is 2.28 bits per heavy atom. The van der Waals surface area contributed by atoms with Crippen LogP contribution in [0.5, 0.6) is 5.75 Å². The lowest BCUT2D eigenvalue weighted by Crippen LogP contribution is -2.20. The van der Waals surface area contributed by atoms with Crippen LogP contribution >= 0.6 is 0 Å². The quantitative estimate of drug-likeness (QED) is 0.882. The van der Waals surface area contributed by atoms with E-state index >= 15 is 0 Å². The summed E-state index contributed by atoms with van der Waals surface area (Å²) in [6, 6.07) is 6.35. The van der Waals surface area contributed by atoms with Gasteiger partial charge in [0.1, 0.15) is 5.75 Å². The Hall–Kier alpha value is -1.48. The lowest BCUT2D eigenvalue weighted by molar-refractivity contribution is 0.415. The number of nitrogens with zero attached hydrogens (tertiary/aromatic N) is 1. The molecule has 3 heteroatoms. The van der Waals surface area contributed by atoms with E-state index in [1.54, 1.807) is 7.11 Å². The average molecular weight is 244 g/mol. The fraction of sp³-hybridized carbons (Fsp3) is 0.467. The average Bonchev–Trinajstić information content (AvgIpc) is 2.72. The predicted molar refractivity (Wildman–Crippen MR) is 74.2 cm³/mol. The minimum absolute atomic E-state index is 0.511. The summed E-state index contributed by atoms with van der Waals surface area (Å²) < 4.78 is 7.66. The van der Waals surface area contributed by atoms with E-state index in [0.29, 0.717) is 5.92 Å². The Morgan fingerprint density at radius 1 is 1.44 bits per heavy atom. The van der Waals surface area contributed by atoms with Crippen molar-refractivity contribution in [2.24, 2.45) is 12.8 Å².